The quantitative estimate of drug-likeness (QED) is 0.452. The lowest BCUT2D eigenvalue weighted by Gasteiger charge is -2.31. The minimum atomic E-state index is -0.364. The van der Waals surface area contributed by atoms with E-state index in [9.17, 15) is 9.59 Å². The molecule has 1 saturated heterocycles. The molecule has 6 nitrogen and oxygen atoms in total. The molecule has 1 aromatic heterocycles. The molecule has 0 atom stereocenters. The monoisotopic (exact) mass is 439 g/mol. The highest BCUT2D eigenvalue weighted by Gasteiger charge is 2.26. The maximum absolute atomic E-state index is 13.0. The van der Waals surface area contributed by atoms with Crippen LogP contribution in [0.3, 0.4) is 0 Å². The fourth-order valence-corrected chi connectivity index (χ4v) is 4.44. The molecule has 0 unspecified atom stereocenters. The van der Waals surface area contributed by atoms with Crippen LogP contribution in [-0.2, 0) is 4.74 Å². The summed E-state index contributed by atoms with van der Waals surface area (Å²) in [5.74, 6) is 0.867. The third kappa shape index (κ3) is 4.24. The summed E-state index contributed by atoms with van der Waals surface area (Å²) in [5.41, 5.74) is 5.11. The van der Waals surface area contributed by atoms with Crippen LogP contribution in [0.1, 0.15) is 45.3 Å². The number of imidazole rings is 1. The molecule has 5 rings (SSSR count). The van der Waals surface area contributed by atoms with Crippen LogP contribution in [0.4, 0.5) is 0 Å². The molecule has 1 aliphatic heterocycles. The van der Waals surface area contributed by atoms with E-state index in [1.165, 1.54) is 7.11 Å². The smallest absolute Gasteiger partial charge is 0.337 e. The number of methoxy groups -OCH3 is 1. The van der Waals surface area contributed by atoms with E-state index >= 15 is 0 Å². The Bertz CT molecular complexity index is 1290. The van der Waals surface area contributed by atoms with Gasteiger partial charge in [0.15, 0.2) is 0 Å². The van der Waals surface area contributed by atoms with E-state index < -0.39 is 0 Å². The van der Waals surface area contributed by atoms with Gasteiger partial charge in [0.2, 0.25) is 0 Å². The van der Waals surface area contributed by atoms with Crippen molar-refractivity contribution in [3.63, 3.8) is 0 Å². The van der Waals surface area contributed by atoms with Crippen LogP contribution in [0.15, 0.2) is 72.8 Å². The first-order valence-electron chi connectivity index (χ1n) is 11.1. The minimum absolute atomic E-state index is 0.0698. The number of hydrogen-bond acceptors (Lipinski definition) is 4. The number of likely N-dealkylation sites (tertiary alicyclic amines) is 1. The number of fused-ring (bicyclic) bond motifs is 1. The predicted molar refractivity (Wildman–Crippen MR) is 127 cm³/mol. The summed E-state index contributed by atoms with van der Waals surface area (Å²) in [5, 5.41) is 0. The molecule has 4 aromatic rings. The molecule has 0 radical (unpaired) electrons. The number of aromatic nitrogens is 2. The van der Waals surface area contributed by atoms with Gasteiger partial charge in [-0.3, -0.25) is 4.79 Å². The first-order valence-corrected chi connectivity index (χ1v) is 11.1. The van der Waals surface area contributed by atoms with E-state index in [0.717, 1.165) is 40.8 Å². The van der Waals surface area contributed by atoms with Crippen molar-refractivity contribution in [3.8, 4) is 11.1 Å². The van der Waals surface area contributed by atoms with Gasteiger partial charge in [0.1, 0.15) is 5.82 Å². The Morgan fingerprint density at radius 1 is 0.909 bits per heavy atom. The van der Waals surface area contributed by atoms with Gasteiger partial charge in [-0.05, 0) is 54.3 Å². The lowest BCUT2D eigenvalue weighted by atomic mass is 9.95. The van der Waals surface area contributed by atoms with Gasteiger partial charge in [-0.15, -0.1) is 0 Å². The molecule has 0 spiro atoms. The minimum Gasteiger partial charge on any atom is -0.465 e. The Morgan fingerprint density at radius 2 is 1.58 bits per heavy atom. The largest absolute Gasteiger partial charge is 0.465 e. The van der Waals surface area contributed by atoms with E-state index in [2.05, 4.69) is 17.1 Å². The molecule has 0 bridgehead atoms. The molecule has 33 heavy (non-hydrogen) atoms. The van der Waals surface area contributed by atoms with Crippen LogP contribution in [-0.4, -0.2) is 46.9 Å². The number of benzene rings is 3. The summed E-state index contributed by atoms with van der Waals surface area (Å²) in [6, 6.07) is 23.3. The van der Waals surface area contributed by atoms with Crippen LogP contribution in [0.25, 0.3) is 22.2 Å². The molecule has 1 fully saturated rings. The number of nitrogens with zero attached hydrogens (tertiary/aromatic N) is 2. The molecule has 6 heteroatoms. The van der Waals surface area contributed by atoms with E-state index in [4.69, 9.17) is 9.72 Å². The summed E-state index contributed by atoms with van der Waals surface area (Å²) < 4.78 is 4.80. The van der Waals surface area contributed by atoms with Crippen molar-refractivity contribution in [1.82, 2.24) is 14.9 Å². The zero-order chi connectivity index (χ0) is 22.8. The fourth-order valence-electron chi connectivity index (χ4n) is 4.44. The third-order valence-corrected chi connectivity index (χ3v) is 6.33. The average Bonchev–Trinajstić information content (AvgIpc) is 3.32. The van der Waals surface area contributed by atoms with E-state index in [1.807, 2.05) is 53.4 Å². The Labute approximate surface area is 192 Å². The van der Waals surface area contributed by atoms with Crippen LogP contribution in [0, 0.1) is 0 Å². The molecule has 0 aliphatic carbocycles. The first kappa shape index (κ1) is 20.9. The number of H-pyrrole nitrogens is 1. The topological polar surface area (TPSA) is 75.3 Å². The van der Waals surface area contributed by atoms with E-state index in [-0.39, 0.29) is 17.8 Å². The van der Waals surface area contributed by atoms with Gasteiger partial charge < -0.3 is 14.6 Å². The van der Waals surface area contributed by atoms with Crippen molar-refractivity contribution in [3.05, 3.63) is 89.7 Å². The summed E-state index contributed by atoms with van der Waals surface area (Å²) >= 11 is 0. The number of carbonyl (C=O) groups is 2. The van der Waals surface area contributed by atoms with Gasteiger partial charge in [0, 0.05) is 24.6 Å². The van der Waals surface area contributed by atoms with E-state index in [1.54, 1.807) is 12.1 Å². The molecule has 1 amide bonds. The van der Waals surface area contributed by atoms with Crippen LogP contribution in [0.5, 0.6) is 0 Å². The van der Waals surface area contributed by atoms with Crippen molar-refractivity contribution in [2.45, 2.75) is 18.8 Å². The lowest BCUT2D eigenvalue weighted by molar-refractivity contribution is 0.0600. The molecular weight excluding hydrogens is 414 g/mol. The summed E-state index contributed by atoms with van der Waals surface area (Å²) in [7, 11) is 1.37. The third-order valence-electron chi connectivity index (χ3n) is 6.33. The van der Waals surface area contributed by atoms with Crippen LogP contribution < -0.4 is 0 Å². The Hall–Kier alpha value is -3.93. The highest BCUT2D eigenvalue weighted by molar-refractivity contribution is 5.95. The highest BCUT2D eigenvalue weighted by Crippen LogP contribution is 2.29. The number of piperidine rings is 1. The number of ether oxygens (including phenoxy) is 1. The molecule has 1 aliphatic rings. The molecular formula is C27H25N3O3. The summed E-state index contributed by atoms with van der Waals surface area (Å²) in [6.07, 6.45) is 1.69. The molecule has 166 valence electrons. The maximum atomic E-state index is 13.0. The molecule has 0 saturated carbocycles. The number of nitrogens with one attached hydrogen (secondary N) is 1. The molecule has 2 heterocycles. The maximum Gasteiger partial charge on any atom is 0.337 e. The van der Waals surface area contributed by atoms with Crippen molar-refractivity contribution >= 4 is 22.9 Å². The van der Waals surface area contributed by atoms with Crippen molar-refractivity contribution < 1.29 is 14.3 Å². The highest BCUT2D eigenvalue weighted by atomic mass is 16.5. The number of carbonyl (C=O) groups excluding carboxylic acids is 2. The van der Waals surface area contributed by atoms with Gasteiger partial charge in [0.05, 0.1) is 23.7 Å². The number of esters is 1. The fraction of sp³-hybridized carbons (Fsp3) is 0.222. The van der Waals surface area contributed by atoms with Gasteiger partial charge >= 0.3 is 5.97 Å². The van der Waals surface area contributed by atoms with Crippen LogP contribution in [0.2, 0.25) is 0 Å². The summed E-state index contributed by atoms with van der Waals surface area (Å²) in [6.45, 7) is 1.38. The number of amides is 1. The second-order valence-corrected chi connectivity index (χ2v) is 8.36. The lowest BCUT2D eigenvalue weighted by Crippen LogP contribution is -2.38. The van der Waals surface area contributed by atoms with Crippen LogP contribution >= 0.6 is 0 Å². The average molecular weight is 440 g/mol. The summed E-state index contributed by atoms with van der Waals surface area (Å²) in [4.78, 5) is 34.8. The normalized spacial score (nSPS) is 14.4. The standard InChI is InChI=1S/C27H25N3O3/c1-33-27(32)22-11-12-23-24(17-22)29-25(28-23)20-13-15-30(16-14-20)26(31)21-9-7-19(8-10-21)18-5-3-2-4-6-18/h2-12,17,20H,13-16H2,1H3,(H,28,29). The van der Waals surface area contributed by atoms with Gasteiger partial charge in [-0.1, -0.05) is 42.5 Å². The first-order chi connectivity index (χ1) is 16.1. The predicted octanol–water partition coefficient (Wildman–Crippen LogP) is 5.04. The van der Waals surface area contributed by atoms with Gasteiger partial charge in [0.25, 0.3) is 5.91 Å². The second-order valence-electron chi connectivity index (χ2n) is 8.36. The zero-order valence-corrected chi connectivity index (χ0v) is 18.5. The van der Waals surface area contributed by atoms with E-state index in [0.29, 0.717) is 24.2 Å². The Kier molecular flexibility index (Phi) is 5.65. The Morgan fingerprint density at radius 3 is 2.27 bits per heavy atom. The second kappa shape index (κ2) is 8.90. The number of rotatable bonds is 4. The number of aromatic amines is 1. The van der Waals surface area contributed by atoms with Gasteiger partial charge in [-0.2, -0.15) is 0 Å². The number of hydrogen-bond donors (Lipinski definition) is 1. The van der Waals surface area contributed by atoms with Crippen molar-refractivity contribution in [1.29, 1.82) is 0 Å². The SMILES string of the molecule is COC(=O)c1ccc2nc(C3CCN(C(=O)c4ccc(-c5ccccc5)cc4)CC3)[nH]c2c1. The molecule has 1 N–H and O–H groups in total. The Balaban J connectivity index is 1.24. The molecule has 3 aromatic carbocycles. The van der Waals surface area contributed by atoms with Gasteiger partial charge in [-0.25, -0.2) is 9.78 Å². The van der Waals surface area contributed by atoms with Crippen molar-refractivity contribution in [2.75, 3.05) is 20.2 Å². The van der Waals surface area contributed by atoms with Crippen molar-refractivity contribution in [2.24, 2.45) is 0 Å². The zero-order valence-electron chi connectivity index (χ0n) is 18.5.